The van der Waals surface area contributed by atoms with Gasteiger partial charge in [0.2, 0.25) is 5.91 Å². The standard InChI is InChI=1S/C24H20ClF3N2O2S/c25-17-9-8-16(24(26,27)28)12-19(17)30(23-29-18-6-1-2-7-20(18)33-23)22(32)15-10-13-4-3-5-14(11-15)21(13)31/h1-2,6-9,12-15H,3-5,10-11H2. The van der Waals surface area contributed by atoms with Gasteiger partial charge in [0.15, 0.2) is 5.13 Å². The number of benzene rings is 2. The summed E-state index contributed by atoms with van der Waals surface area (Å²) in [6.07, 6.45) is -1.30. The van der Waals surface area contributed by atoms with Gasteiger partial charge in [0, 0.05) is 17.8 Å². The number of carbonyl (C=O) groups is 2. The second-order valence-corrected chi connectivity index (χ2v) is 10.1. The SMILES string of the molecule is O=C1C2CCCC1CC(C(=O)N(c1nc3ccccc3s1)c1cc(C(F)(F)F)ccc1Cl)C2. The Hall–Kier alpha value is -2.45. The van der Waals surface area contributed by atoms with Gasteiger partial charge in [-0.05, 0) is 56.0 Å². The second kappa shape index (κ2) is 8.40. The number of nitrogens with zero attached hydrogens (tertiary/aromatic N) is 2. The lowest BCUT2D eigenvalue weighted by Gasteiger charge is -2.38. The Balaban J connectivity index is 1.61. The molecular weight excluding hydrogens is 473 g/mol. The topological polar surface area (TPSA) is 50.3 Å². The molecule has 2 fully saturated rings. The predicted octanol–water partition coefficient (Wildman–Crippen LogP) is 7.03. The van der Waals surface area contributed by atoms with Crippen molar-refractivity contribution in [2.24, 2.45) is 17.8 Å². The van der Waals surface area contributed by atoms with E-state index in [0.29, 0.717) is 18.4 Å². The molecule has 1 heterocycles. The molecule has 5 rings (SSSR count). The number of ketones is 1. The lowest BCUT2D eigenvalue weighted by molar-refractivity contribution is -0.138. The van der Waals surface area contributed by atoms with Gasteiger partial charge >= 0.3 is 6.18 Å². The molecule has 2 aliphatic rings. The maximum absolute atomic E-state index is 13.9. The van der Waals surface area contributed by atoms with E-state index in [4.69, 9.17) is 11.6 Å². The van der Waals surface area contributed by atoms with Crippen LogP contribution in [0.5, 0.6) is 0 Å². The zero-order chi connectivity index (χ0) is 23.3. The zero-order valence-corrected chi connectivity index (χ0v) is 19.0. The first kappa shape index (κ1) is 22.3. The molecule has 4 nitrogen and oxygen atoms in total. The molecule has 2 aromatic carbocycles. The van der Waals surface area contributed by atoms with Gasteiger partial charge in [0.05, 0.1) is 26.5 Å². The highest BCUT2D eigenvalue weighted by molar-refractivity contribution is 7.22. The summed E-state index contributed by atoms with van der Waals surface area (Å²) in [6, 6.07) is 10.2. The Morgan fingerprint density at radius 2 is 1.79 bits per heavy atom. The number of anilines is 2. The summed E-state index contributed by atoms with van der Waals surface area (Å²) >= 11 is 7.58. The van der Waals surface area contributed by atoms with E-state index in [1.165, 1.54) is 16.2 Å². The summed E-state index contributed by atoms with van der Waals surface area (Å²) in [5, 5.41) is 0.298. The average molecular weight is 493 g/mol. The third kappa shape index (κ3) is 4.15. The maximum atomic E-state index is 13.9. The van der Waals surface area contributed by atoms with Gasteiger partial charge < -0.3 is 0 Å². The summed E-state index contributed by atoms with van der Waals surface area (Å²) in [6.45, 7) is 0. The summed E-state index contributed by atoms with van der Waals surface area (Å²) in [7, 11) is 0. The molecular formula is C24H20ClF3N2O2S. The Morgan fingerprint density at radius 1 is 1.09 bits per heavy atom. The van der Waals surface area contributed by atoms with Crippen LogP contribution in [0.2, 0.25) is 5.02 Å². The van der Waals surface area contributed by atoms with Crippen molar-refractivity contribution in [3.05, 3.63) is 53.1 Å². The molecule has 33 heavy (non-hydrogen) atoms. The van der Waals surface area contributed by atoms with Crippen molar-refractivity contribution < 1.29 is 22.8 Å². The Bertz CT molecular complexity index is 1190. The van der Waals surface area contributed by atoms with E-state index in [1.54, 1.807) is 6.07 Å². The number of hydrogen-bond acceptors (Lipinski definition) is 4. The highest BCUT2D eigenvalue weighted by atomic mass is 35.5. The van der Waals surface area contributed by atoms with E-state index in [-0.39, 0.29) is 39.4 Å². The van der Waals surface area contributed by atoms with Crippen LogP contribution in [0.4, 0.5) is 24.0 Å². The summed E-state index contributed by atoms with van der Waals surface area (Å²) in [4.78, 5) is 32.2. The number of aromatic nitrogens is 1. The Morgan fingerprint density at radius 3 is 2.45 bits per heavy atom. The van der Waals surface area contributed by atoms with E-state index in [0.717, 1.165) is 42.2 Å². The second-order valence-electron chi connectivity index (χ2n) is 8.70. The molecule has 0 spiro atoms. The quantitative estimate of drug-likeness (QED) is 0.394. The predicted molar refractivity (Wildman–Crippen MR) is 122 cm³/mol. The number of rotatable bonds is 3. The van der Waals surface area contributed by atoms with E-state index >= 15 is 0 Å². The molecule has 2 saturated carbocycles. The number of thiazole rings is 1. The highest BCUT2D eigenvalue weighted by Gasteiger charge is 2.43. The minimum atomic E-state index is -4.59. The number of Topliss-reactive ketones (excluding diaryl/α,β-unsaturated/α-hetero) is 1. The lowest BCUT2D eigenvalue weighted by atomic mass is 9.67. The van der Waals surface area contributed by atoms with Gasteiger partial charge in [0.25, 0.3) is 0 Å². The van der Waals surface area contributed by atoms with Crippen LogP contribution >= 0.6 is 22.9 Å². The van der Waals surface area contributed by atoms with Gasteiger partial charge in [-0.1, -0.05) is 41.5 Å². The molecule has 0 radical (unpaired) electrons. The molecule has 3 aromatic rings. The van der Waals surface area contributed by atoms with Crippen LogP contribution in [0.3, 0.4) is 0 Å². The van der Waals surface area contributed by atoms with E-state index in [2.05, 4.69) is 4.98 Å². The summed E-state index contributed by atoms with van der Waals surface area (Å²) in [5.74, 6) is -0.953. The normalized spacial score (nSPS) is 23.0. The molecule has 1 aromatic heterocycles. The first-order valence-electron chi connectivity index (χ1n) is 10.8. The van der Waals surface area contributed by atoms with Crippen molar-refractivity contribution in [3.63, 3.8) is 0 Å². The fourth-order valence-corrected chi connectivity index (χ4v) is 6.18. The minimum absolute atomic E-state index is 0.0303. The number of hydrogen-bond donors (Lipinski definition) is 0. The molecule has 1 amide bonds. The average Bonchev–Trinajstić information content (AvgIpc) is 3.17. The molecule has 172 valence electrons. The zero-order valence-electron chi connectivity index (χ0n) is 17.4. The summed E-state index contributed by atoms with van der Waals surface area (Å²) < 4.78 is 41.3. The third-order valence-electron chi connectivity index (χ3n) is 6.61. The largest absolute Gasteiger partial charge is 0.416 e. The number of fused-ring (bicyclic) bond motifs is 3. The number of carbonyl (C=O) groups excluding carboxylic acids is 2. The molecule has 0 N–H and O–H groups in total. The molecule has 0 aliphatic heterocycles. The van der Waals surface area contributed by atoms with Gasteiger partial charge in [-0.15, -0.1) is 0 Å². The number of halogens is 4. The lowest BCUT2D eigenvalue weighted by Crippen LogP contribution is -2.43. The molecule has 9 heteroatoms. The van der Waals surface area contributed by atoms with Crippen LogP contribution < -0.4 is 4.90 Å². The van der Waals surface area contributed by atoms with Gasteiger partial charge in [-0.3, -0.25) is 14.5 Å². The van der Waals surface area contributed by atoms with Crippen molar-refractivity contribution >= 4 is 55.7 Å². The fraction of sp³-hybridized carbons (Fsp3) is 0.375. The van der Waals surface area contributed by atoms with Gasteiger partial charge in [-0.25, -0.2) is 4.98 Å². The van der Waals surface area contributed by atoms with Crippen LogP contribution in [0.25, 0.3) is 10.2 Å². The first-order valence-corrected chi connectivity index (χ1v) is 12.0. The van der Waals surface area contributed by atoms with E-state index in [1.807, 2.05) is 18.2 Å². The number of alkyl halides is 3. The van der Waals surface area contributed by atoms with Crippen LogP contribution in [0.15, 0.2) is 42.5 Å². The first-order chi connectivity index (χ1) is 15.7. The van der Waals surface area contributed by atoms with Crippen molar-refractivity contribution in [2.45, 2.75) is 38.3 Å². The van der Waals surface area contributed by atoms with Crippen LogP contribution in [-0.2, 0) is 15.8 Å². The molecule has 2 atom stereocenters. The smallest absolute Gasteiger partial charge is 0.299 e. The highest BCUT2D eigenvalue weighted by Crippen LogP contribution is 2.45. The molecule has 0 saturated heterocycles. The van der Waals surface area contributed by atoms with Crippen molar-refractivity contribution in [1.82, 2.24) is 4.98 Å². The maximum Gasteiger partial charge on any atom is 0.416 e. The van der Waals surface area contributed by atoms with Crippen molar-refractivity contribution in [3.8, 4) is 0 Å². The Labute approximate surface area is 197 Å². The Kier molecular flexibility index (Phi) is 5.69. The molecule has 2 bridgehead atoms. The van der Waals surface area contributed by atoms with Gasteiger partial charge in [-0.2, -0.15) is 13.2 Å². The molecule has 2 unspecified atom stereocenters. The summed E-state index contributed by atoms with van der Waals surface area (Å²) in [5.41, 5.74) is -0.289. The third-order valence-corrected chi connectivity index (χ3v) is 7.95. The minimum Gasteiger partial charge on any atom is -0.299 e. The van der Waals surface area contributed by atoms with E-state index < -0.39 is 17.7 Å². The van der Waals surface area contributed by atoms with Crippen LogP contribution in [0, 0.1) is 17.8 Å². The van der Waals surface area contributed by atoms with Crippen LogP contribution in [0.1, 0.15) is 37.7 Å². The number of amides is 1. The van der Waals surface area contributed by atoms with Crippen molar-refractivity contribution in [2.75, 3.05) is 4.90 Å². The fourth-order valence-electron chi connectivity index (χ4n) is 5.00. The molecule has 2 aliphatic carbocycles. The van der Waals surface area contributed by atoms with E-state index in [9.17, 15) is 22.8 Å². The van der Waals surface area contributed by atoms with Gasteiger partial charge in [0.1, 0.15) is 5.78 Å². The monoisotopic (exact) mass is 492 g/mol. The van der Waals surface area contributed by atoms with Crippen molar-refractivity contribution in [1.29, 1.82) is 0 Å². The van der Waals surface area contributed by atoms with Crippen LogP contribution in [-0.4, -0.2) is 16.7 Å². The number of para-hydroxylation sites is 1.